The third-order valence-electron chi connectivity index (χ3n) is 2.24. The van der Waals surface area contributed by atoms with Gasteiger partial charge in [-0.3, -0.25) is 9.59 Å². The predicted octanol–water partition coefficient (Wildman–Crippen LogP) is -0.892. The number of thiol groups is 2. The van der Waals surface area contributed by atoms with E-state index in [-0.39, 0.29) is 11.9 Å². The van der Waals surface area contributed by atoms with E-state index in [4.69, 9.17) is 0 Å². The van der Waals surface area contributed by atoms with Crippen LogP contribution in [0.3, 0.4) is 0 Å². The number of esters is 2. The summed E-state index contributed by atoms with van der Waals surface area (Å²) >= 11 is 8.10. The molecule has 0 aromatic heterocycles. The summed E-state index contributed by atoms with van der Waals surface area (Å²) in [4.78, 5) is 22.5. The fourth-order valence-electron chi connectivity index (χ4n) is 1.22. The Morgan fingerprint density at radius 2 is 1.28 bits per heavy atom. The van der Waals surface area contributed by atoms with E-state index in [0.29, 0.717) is 24.6 Å². The average Bonchev–Trinajstić information content (AvgIpc) is 2.41. The lowest BCUT2D eigenvalue weighted by Crippen LogP contribution is -2.46. The van der Waals surface area contributed by atoms with E-state index in [0.717, 1.165) is 0 Å². The quantitative estimate of drug-likeness (QED) is 0.251. The standard InChI is InChI=1S/C10H20N2O4S2/c1-15-9(13)7(5-17)11-3-4-12-8(6-18)10(14)16-2/h7-8,11-12,17-18H,3-6H2,1-2H3/t7-,8-/m0/s1. The lowest BCUT2D eigenvalue weighted by Gasteiger charge is -2.17. The van der Waals surface area contributed by atoms with Crippen molar-refractivity contribution in [3.05, 3.63) is 0 Å². The maximum Gasteiger partial charge on any atom is 0.323 e. The van der Waals surface area contributed by atoms with Gasteiger partial charge in [-0.1, -0.05) is 0 Å². The maximum absolute atomic E-state index is 11.2. The van der Waals surface area contributed by atoms with Crippen LogP contribution in [0.25, 0.3) is 0 Å². The Morgan fingerprint density at radius 3 is 1.50 bits per heavy atom. The average molecular weight is 296 g/mol. The fourth-order valence-corrected chi connectivity index (χ4v) is 1.78. The van der Waals surface area contributed by atoms with Crippen LogP contribution in [-0.4, -0.2) is 62.8 Å². The lowest BCUT2D eigenvalue weighted by molar-refractivity contribution is -0.143. The Morgan fingerprint density at radius 1 is 0.944 bits per heavy atom. The van der Waals surface area contributed by atoms with Crippen molar-refractivity contribution >= 4 is 37.2 Å². The Balaban J connectivity index is 3.89. The monoisotopic (exact) mass is 296 g/mol. The Labute approximate surface area is 118 Å². The van der Waals surface area contributed by atoms with Gasteiger partial charge in [-0.05, 0) is 0 Å². The fraction of sp³-hybridized carbons (Fsp3) is 0.800. The molecule has 0 aliphatic carbocycles. The summed E-state index contributed by atoms with van der Waals surface area (Å²) in [7, 11) is 2.65. The van der Waals surface area contributed by atoms with Crippen LogP contribution in [0.2, 0.25) is 0 Å². The molecule has 6 nitrogen and oxygen atoms in total. The summed E-state index contributed by atoms with van der Waals surface area (Å²) in [6, 6.07) is -0.902. The third-order valence-corrected chi connectivity index (χ3v) is 2.97. The molecule has 0 aliphatic heterocycles. The summed E-state index contributed by atoms with van der Waals surface area (Å²) in [5, 5.41) is 5.93. The van der Waals surface area contributed by atoms with Gasteiger partial charge in [-0.25, -0.2) is 0 Å². The number of rotatable bonds is 9. The van der Waals surface area contributed by atoms with Gasteiger partial charge >= 0.3 is 11.9 Å². The molecule has 106 valence electrons. The molecular weight excluding hydrogens is 276 g/mol. The van der Waals surface area contributed by atoms with E-state index in [1.165, 1.54) is 14.2 Å². The van der Waals surface area contributed by atoms with Crippen LogP contribution < -0.4 is 10.6 Å². The lowest BCUT2D eigenvalue weighted by atomic mass is 10.3. The van der Waals surface area contributed by atoms with E-state index in [9.17, 15) is 9.59 Å². The predicted molar refractivity (Wildman–Crippen MR) is 75.3 cm³/mol. The van der Waals surface area contributed by atoms with Gasteiger partial charge in [0, 0.05) is 24.6 Å². The van der Waals surface area contributed by atoms with Crippen molar-refractivity contribution in [2.24, 2.45) is 0 Å². The first-order valence-electron chi connectivity index (χ1n) is 5.44. The molecule has 0 heterocycles. The minimum atomic E-state index is -0.451. The molecule has 0 aliphatic rings. The van der Waals surface area contributed by atoms with Crippen molar-refractivity contribution in [1.82, 2.24) is 10.6 Å². The molecule has 18 heavy (non-hydrogen) atoms. The normalized spacial score (nSPS) is 13.8. The molecule has 0 unspecified atom stereocenters. The van der Waals surface area contributed by atoms with Crippen molar-refractivity contribution in [2.45, 2.75) is 12.1 Å². The van der Waals surface area contributed by atoms with Crippen molar-refractivity contribution in [2.75, 3.05) is 38.8 Å². The van der Waals surface area contributed by atoms with Gasteiger partial charge in [-0.2, -0.15) is 25.3 Å². The summed E-state index contributed by atoms with van der Waals surface area (Å²) in [6.07, 6.45) is 0. The molecule has 8 heteroatoms. The Hall–Kier alpha value is -0.440. The second-order valence-electron chi connectivity index (χ2n) is 3.42. The Kier molecular flexibility index (Phi) is 10.2. The summed E-state index contributed by atoms with van der Waals surface area (Å²) in [5.41, 5.74) is 0. The summed E-state index contributed by atoms with van der Waals surface area (Å²) < 4.78 is 9.20. The second kappa shape index (κ2) is 10.5. The SMILES string of the molecule is COC(=O)[C@H](CS)NCCN[C@@H](CS)C(=O)OC. The number of ether oxygens (including phenoxy) is 2. The molecule has 2 atom stereocenters. The topological polar surface area (TPSA) is 76.7 Å². The minimum absolute atomic E-state index is 0.347. The van der Waals surface area contributed by atoms with Crippen LogP contribution in [-0.2, 0) is 19.1 Å². The van der Waals surface area contributed by atoms with Gasteiger partial charge in [0.1, 0.15) is 12.1 Å². The van der Waals surface area contributed by atoms with Gasteiger partial charge in [-0.15, -0.1) is 0 Å². The van der Waals surface area contributed by atoms with Gasteiger partial charge in [0.25, 0.3) is 0 Å². The molecule has 0 radical (unpaired) electrons. The molecule has 0 rings (SSSR count). The number of hydrogen-bond donors (Lipinski definition) is 4. The number of hydrogen-bond acceptors (Lipinski definition) is 8. The van der Waals surface area contributed by atoms with E-state index >= 15 is 0 Å². The van der Waals surface area contributed by atoms with Crippen molar-refractivity contribution in [3.8, 4) is 0 Å². The van der Waals surface area contributed by atoms with E-state index in [2.05, 4.69) is 45.4 Å². The Bertz CT molecular complexity index is 240. The number of methoxy groups -OCH3 is 2. The summed E-state index contributed by atoms with van der Waals surface area (Å²) in [6.45, 7) is 1.00. The number of carbonyl (C=O) groups is 2. The molecule has 0 saturated carbocycles. The van der Waals surface area contributed by atoms with E-state index in [1.54, 1.807) is 0 Å². The van der Waals surface area contributed by atoms with Gasteiger partial charge in [0.2, 0.25) is 0 Å². The first-order valence-corrected chi connectivity index (χ1v) is 6.71. The zero-order chi connectivity index (χ0) is 14.0. The van der Waals surface area contributed by atoms with Crippen molar-refractivity contribution in [1.29, 1.82) is 0 Å². The highest BCUT2D eigenvalue weighted by Gasteiger charge is 2.18. The van der Waals surface area contributed by atoms with Crippen LogP contribution in [0.4, 0.5) is 0 Å². The molecule has 0 fully saturated rings. The first kappa shape index (κ1) is 17.6. The van der Waals surface area contributed by atoms with Gasteiger partial charge in [0.15, 0.2) is 0 Å². The second-order valence-corrected chi connectivity index (χ2v) is 4.16. The molecule has 2 N–H and O–H groups in total. The molecule has 0 aromatic rings. The highest BCUT2D eigenvalue weighted by atomic mass is 32.1. The largest absolute Gasteiger partial charge is 0.468 e. The molecular formula is C10H20N2O4S2. The summed E-state index contributed by atoms with van der Waals surface area (Å²) in [5.74, 6) is -0.0216. The first-order chi connectivity index (χ1) is 8.60. The van der Waals surface area contributed by atoms with E-state index in [1.807, 2.05) is 0 Å². The molecule has 0 spiro atoms. The number of nitrogens with one attached hydrogen (secondary N) is 2. The zero-order valence-corrected chi connectivity index (χ0v) is 12.3. The van der Waals surface area contributed by atoms with Crippen LogP contribution in [0.5, 0.6) is 0 Å². The van der Waals surface area contributed by atoms with E-state index < -0.39 is 12.1 Å². The van der Waals surface area contributed by atoms with Crippen molar-refractivity contribution < 1.29 is 19.1 Å². The minimum Gasteiger partial charge on any atom is -0.468 e. The molecule has 0 aromatic carbocycles. The molecule has 0 bridgehead atoms. The highest BCUT2D eigenvalue weighted by molar-refractivity contribution is 7.80. The smallest absolute Gasteiger partial charge is 0.323 e. The zero-order valence-electron chi connectivity index (χ0n) is 10.5. The molecule has 0 saturated heterocycles. The number of carbonyl (C=O) groups excluding carboxylic acids is 2. The highest BCUT2D eigenvalue weighted by Crippen LogP contribution is 1.92. The van der Waals surface area contributed by atoms with Crippen molar-refractivity contribution in [3.63, 3.8) is 0 Å². The van der Waals surface area contributed by atoms with Crippen LogP contribution >= 0.6 is 25.3 Å². The maximum atomic E-state index is 11.2. The van der Waals surface area contributed by atoms with Gasteiger partial charge < -0.3 is 20.1 Å². The van der Waals surface area contributed by atoms with Crippen LogP contribution in [0, 0.1) is 0 Å². The van der Waals surface area contributed by atoms with Crippen LogP contribution in [0.1, 0.15) is 0 Å². The van der Waals surface area contributed by atoms with Gasteiger partial charge in [0.05, 0.1) is 14.2 Å². The van der Waals surface area contributed by atoms with Crippen LogP contribution in [0.15, 0.2) is 0 Å². The molecule has 0 amide bonds. The third kappa shape index (κ3) is 6.48.